The molecule has 16 N–H and O–H groups in total. The fourth-order valence-corrected chi connectivity index (χ4v) is 17.6. The van der Waals surface area contributed by atoms with E-state index in [0.29, 0.717) is 38.5 Å². The highest BCUT2D eigenvalue weighted by Gasteiger charge is 2.74. The van der Waals surface area contributed by atoms with Crippen LogP contribution in [0.2, 0.25) is 0 Å². The summed E-state index contributed by atoms with van der Waals surface area (Å²) < 4.78 is 58.9. The van der Waals surface area contributed by atoms with Gasteiger partial charge in [-0.3, -0.25) is 9.59 Å². The van der Waals surface area contributed by atoms with Crippen LogP contribution in [0.3, 0.4) is 0 Å². The SMILES string of the molecule is CC1OC(OC(=O)C23CCC(C)(C)CC2C2=CCC4C5(C)CC(O)C(OC6OC(CO)C(O)C(O)C6O)C(C)(C(=O)O)C5CCC4(C)C2(CO)CC3)C(OC2OC(C)C(OC3OCC(O)C(OC4OCC(O)C(O)C4O)C3O)C(O)C2O)C(O)C1O. The smallest absolute Gasteiger partial charge is 0.315 e. The number of rotatable bonds is 13. The van der Waals surface area contributed by atoms with E-state index in [2.05, 4.69) is 26.8 Å². The second kappa shape index (κ2) is 24.3. The van der Waals surface area contributed by atoms with E-state index in [0.717, 1.165) is 5.57 Å². The van der Waals surface area contributed by atoms with Crippen molar-refractivity contribution in [3.05, 3.63) is 11.6 Å². The van der Waals surface area contributed by atoms with Gasteiger partial charge in [-0.1, -0.05) is 39.3 Å². The summed E-state index contributed by atoms with van der Waals surface area (Å²) in [5, 5.41) is 176. The summed E-state index contributed by atoms with van der Waals surface area (Å²) >= 11 is 0. The van der Waals surface area contributed by atoms with Gasteiger partial charge >= 0.3 is 11.9 Å². The number of ether oxygens (including phenoxy) is 10. The number of carboxylic acid groups (broad SMARTS) is 1. The van der Waals surface area contributed by atoms with Gasteiger partial charge in [0.05, 0.1) is 55.6 Å². The first kappa shape index (κ1) is 66.6. The summed E-state index contributed by atoms with van der Waals surface area (Å²) in [6.45, 7) is 10.6. The number of hydrogen-bond acceptors (Lipinski definition) is 27. The number of aliphatic hydroxyl groups is 15. The molecule has 9 fully saturated rings. The third-order valence-electron chi connectivity index (χ3n) is 22.7. The van der Waals surface area contributed by atoms with Crippen molar-refractivity contribution in [3.8, 4) is 0 Å². The molecule has 5 aliphatic heterocycles. The molecule has 86 heavy (non-hydrogen) atoms. The van der Waals surface area contributed by atoms with Crippen molar-refractivity contribution in [2.45, 2.75) is 260 Å². The van der Waals surface area contributed by atoms with E-state index < -0.39 is 224 Å². The number of aliphatic hydroxyl groups excluding tert-OH is 15. The number of carboxylic acids is 1. The number of carbonyl (C=O) groups is 2. The fourth-order valence-electron chi connectivity index (χ4n) is 17.6. The van der Waals surface area contributed by atoms with Crippen molar-refractivity contribution in [2.24, 2.45) is 50.2 Å². The minimum absolute atomic E-state index is 0.0338. The molecule has 0 bridgehead atoms. The highest BCUT2D eigenvalue weighted by atomic mass is 16.8. The molecule has 28 nitrogen and oxygen atoms in total. The van der Waals surface area contributed by atoms with E-state index in [1.807, 2.05) is 6.92 Å². The third kappa shape index (κ3) is 10.7. The molecule has 10 aliphatic rings. The van der Waals surface area contributed by atoms with Crippen LogP contribution in [0.5, 0.6) is 0 Å². The molecule has 5 heterocycles. The summed E-state index contributed by atoms with van der Waals surface area (Å²) in [5.41, 5.74) is -5.15. The van der Waals surface area contributed by atoms with E-state index in [1.165, 1.54) is 20.8 Å². The van der Waals surface area contributed by atoms with Crippen LogP contribution >= 0.6 is 0 Å². The second-order valence-corrected chi connectivity index (χ2v) is 28.0. The van der Waals surface area contributed by atoms with Crippen molar-refractivity contribution in [3.63, 3.8) is 0 Å². The van der Waals surface area contributed by atoms with Crippen molar-refractivity contribution < 1.29 is 139 Å². The summed E-state index contributed by atoms with van der Waals surface area (Å²) in [4.78, 5) is 29.3. The Labute approximate surface area is 497 Å². The summed E-state index contributed by atoms with van der Waals surface area (Å²) in [5.74, 6) is -3.51. The molecule has 28 heteroatoms. The molecule has 492 valence electrons. The van der Waals surface area contributed by atoms with Crippen LogP contribution in [0.25, 0.3) is 0 Å². The molecule has 33 atom stereocenters. The molecule has 5 aliphatic carbocycles. The zero-order valence-corrected chi connectivity index (χ0v) is 49.5. The average Bonchev–Trinajstić information content (AvgIpc) is 0.674. The molecule has 0 aromatic carbocycles. The topological polar surface area (TPSA) is 450 Å². The fraction of sp³-hybridized carbons (Fsp3) is 0.931. The minimum atomic E-state index is -1.98. The van der Waals surface area contributed by atoms with Crippen molar-refractivity contribution in [1.82, 2.24) is 0 Å². The van der Waals surface area contributed by atoms with Crippen molar-refractivity contribution >= 4 is 11.9 Å². The lowest BCUT2D eigenvalue weighted by atomic mass is 9.33. The van der Waals surface area contributed by atoms with Gasteiger partial charge in [-0.15, -0.1) is 0 Å². The van der Waals surface area contributed by atoms with Gasteiger partial charge in [0, 0.05) is 5.41 Å². The Hall–Kier alpha value is -2.28. The van der Waals surface area contributed by atoms with E-state index in [-0.39, 0.29) is 37.2 Å². The van der Waals surface area contributed by atoms with E-state index in [1.54, 1.807) is 0 Å². The van der Waals surface area contributed by atoms with Gasteiger partial charge in [0.2, 0.25) is 6.29 Å². The van der Waals surface area contributed by atoms with Crippen LogP contribution in [0.15, 0.2) is 11.6 Å². The van der Waals surface area contributed by atoms with Gasteiger partial charge in [0.15, 0.2) is 31.3 Å². The van der Waals surface area contributed by atoms with Crippen LogP contribution in [0, 0.1) is 50.2 Å². The van der Waals surface area contributed by atoms with Crippen molar-refractivity contribution in [1.29, 1.82) is 0 Å². The molecule has 33 unspecified atom stereocenters. The Morgan fingerprint density at radius 1 is 0.558 bits per heavy atom. The number of hydrogen-bond donors (Lipinski definition) is 16. The monoisotopic (exact) mass is 1240 g/mol. The van der Waals surface area contributed by atoms with Crippen LogP contribution in [-0.2, 0) is 57.0 Å². The molecular formula is C58H92O28. The second-order valence-electron chi connectivity index (χ2n) is 28.0. The summed E-state index contributed by atoms with van der Waals surface area (Å²) in [6.07, 6.45) is -35.6. The molecular weight excluding hydrogens is 1140 g/mol. The first-order valence-corrected chi connectivity index (χ1v) is 30.3. The lowest BCUT2D eigenvalue weighted by Crippen LogP contribution is -2.71. The Morgan fingerprint density at radius 3 is 1.80 bits per heavy atom. The maximum Gasteiger partial charge on any atom is 0.315 e. The number of allylic oxidation sites excluding steroid dienone is 1. The highest BCUT2D eigenvalue weighted by Crippen LogP contribution is 2.76. The van der Waals surface area contributed by atoms with Crippen LogP contribution in [0.1, 0.15) is 106 Å². The number of carbonyl (C=O) groups excluding carboxylic acids is 1. The minimum Gasteiger partial charge on any atom is -0.481 e. The van der Waals surface area contributed by atoms with Crippen molar-refractivity contribution in [2.75, 3.05) is 26.4 Å². The van der Waals surface area contributed by atoms with Crippen LogP contribution in [0.4, 0.5) is 0 Å². The van der Waals surface area contributed by atoms with Gasteiger partial charge in [-0.05, 0) is 113 Å². The molecule has 0 spiro atoms. The maximum atomic E-state index is 15.5. The average molecular weight is 1240 g/mol. The summed E-state index contributed by atoms with van der Waals surface area (Å²) in [7, 11) is 0. The largest absolute Gasteiger partial charge is 0.481 e. The highest BCUT2D eigenvalue weighted by molar-refractivity contribution is 5.79. The summed E-state index contributed by atoms with van der Waals surface area (Å²) in [6, 6.07) is 0. The zero-order chi connectivity index (χ0) is 62.9. The van der Waals surface area contributed by atoms with Crippen LogP contribution in [-0.4, -0.2) is 274 Å². The zero-order valence-electron chi connectivity index (χ0n) is 49.5. The molecule has 10 rings (SSSR count). The normalized spacial score (nSPS) is 54.7. The Kier molecular flexibility index (Phi) is 18.8. The lowest BCUT2D eigenvalue weighted by Gasteiger charge is -2.71. The molecule has 4 saturated carbocycles. The van der Waals surface area contributed by atoms with Gasteiger partial charge in [-0.25, -0.2) is 0 Å². The van der Waals surface area contributed by atoms with Gasteiger partial charge in [0.25, 0.3) is 0 Å². The number of aliphatic carboxylic acids is 1. The van der Waals surface area contributed by atoms with E-state index >= 15 is 4.79 Å². The van der Waals surface area contributed by atoms with Gasteiger partial charge in [-0.2, -0.15) is 0 Å². The first-order chi connectivity index (χ1) is 40.3. The molecule has 0 radical (unpaired) electrons. The Balaban J connectivity index is 0.872. The molecule has 0 aromatic heterocycles. The predicted octanol–water partition coefficient (Wildman–Crippen LogP) is -3.87. The number of fused-ring (bicyclic) bond motifs is 7. The predicted molar refractivity (Wildman–Crippen MR) is 285 cm³/mol. The van der Waals surface area contributed by atoms with E-state index in [4.69, 9.17) is 47.4 Å². The van der Waals surface area contributed by atoms with Gasteiger partial charge in [0.1, 0.15) is 97.7 Å². The van der Waals surface area contributed by atoms with E-state index in [9.17, 15) is 86.5 Å². The number of esters is 1. The third-order valence-corrected chi connectivity index (χ3v) is 22.7. The quantitative estimate of drug-likeness (QED) is 0.0477. The standard InChI is InChI=1S/C58H92O28/c1-22-32(64)36(68)44(84-48-40(72)37(69)42(23(2)80-48)82-47-41(73)43(28(63)20-78-47)83-46-38(70)33(65)27(62)19-77-46)50(79-22)86-52(76)57-13-12-53(3,4)16-25(57)24-8-9-30-54(5)17-26(61)45(85-49-39(71)35(67)34(66)29(18-59)81-49)56(7,51(74)75)31(54)10-11-55(30,6)58(24,21-60)15-14-57/h8,22-23,25-50,59-73H,9-21H2,1-7H3,(H,74,75). The molecule has 0 amide bonds. The van der Waals surface area contributed by atoms with Gasteiger partial charge < -0.3 is 129 Å². The first-order valence-electron chi connectivity index (χ1n) is 30.3. The van der Waals surface area contributed by atoms with Crippen LogP contribution < -0.4 is 0 Å². The Bertz CT molecular complexity index is 2450. The molecule has 5 saturated heterocycles. The lowest BCUT2D eigenvalue weighted by molar-refractivity contribution is -0.378. The molecule has 0 aromatic rings. The maximum absolute atomic E-state index is 15.5. The Morgan fingerprint density at radius 2 is 1.14 bits per heavy atom.